The fourth-order valence-corrected chi connectivity index (χ4v) is 3.65. The van der Waals surface area contributed by atoms with E-state index in [1.54, 1.807) is 13.1 Å². The standard InChI is InChI=1S/C19H17ClN4O3/c1-23-16-14(18(26)24(2)19(23)27)7-10(9-21-16)22-17(25)13-8-12(13)11-5-3-4-6-15(11)20/h3-7,9,12-13H,8H2,1-2H3,(H,22,25). The van der Waals surface area contributed by atoms with E-state index in [1.165, 1.54) is 17.8 Å². The SMILES string of the molecule is Cn1c(=O)c2cc(NC(=O)C3CC3c3ccccc3Cl)cnc2n(C)c1=O. The molecule has 1 aliphatic carbocycles. The van der Waals surface area contributed by atoms with Crippen LogP contribution in [0.15, 0.2) is 46.1 Å². The highest BCUT2D eigenvalue weighted by Crippen LogP contribution is 2.49. The molecule has 1 amide bonds. The summed E-state index contributed by atoms with van der Waals surface area (Å²) in [5, 5.41) is 3.75. The van der Waals surface area contributed by atoms with Gasteiger partial charge in [-0.15, -0.1) is 0 Å². The van der Waals surface area contributed by atoms with Gasteiger partial charge < -0.3 is 5.32 Å². The largest absolute Gasteiger partial charge is 0.332 e. The highest BCUT2D eigenvalue weighted by atomic mass is 35.5. The van der Waals surface area contributed by atoms with Crippen LogP contribution in [0.5, 0.6) is 0 Å². The summed E-state index contributed by atoms with van der Waals surface area (Å²) in [6, 6.07) is 9.06. The lowest BCUT2D eigenvalue weighted by Gasteiger charge is -2.09. The van der Waals surface area contributed by atoms with Gasteiger partial charge in [-0.1, -0.05) is 29.8 Å². The summed E-state index contributed by atoms with van der Waals surface area (Å²) in [5.74, 6) is -0.202. The molecular formula is C19H17ClN4O3. The van der Waals surface area contributed by atoms with Crippen LogP contribution in [0.1, 0.15) is 17.9 Å². The van der Waals surface area contributed by atoms with Crippen molar-refractivity contribution in [2.24, 2.45) is 20.0 Å². The lowest BCUT2D eigenvalue weighted by molar-refractivity contribution is -0.117. The third kappa shape index (κ3) is 2.94. The first-order chi connectivity index (χ1) is 12.9. The molecule has 8 heteroatoms. The molecule has 1 N–H and O–H groups in total. The van der Waals surface area contributed by atoms with Crippen molar-refractivity contribution in [2.45, 2.75) is 12.3 Å². The number of rotatable bonds is 3. The Balaban J connectivity index is 1.60. The number of carbonyl (C=O) groups is 1. The van der Waals surface area contributed by atoms with Crippen LogP contribution in [0.2, 0.25) is 5.02 Å². The number of pyridine rings is 1. The van der Waals surface area contributed by atoms with E-state index in [0.717, 1.165) is 16.6 Å². The Morgan fingerprint density at radius 3 is 2.70 bits per heavy atom. The monoisotopic (exact) mass is 384 g/mol. The van der Waals surface area contributed by atoms with Gasteiger partial charge in [0.15, 0.2) is 0 Å². The van der Waals surface area contributed by atoms with Crippen molar-refractivity contribution < 1.29 is 4.79 Å². The Morgan fingerprint density at radius 2 is 1.96 bits per heavy atom. The van der Waals surface area contributed by atoms with E-state index in [2.05, 4.69) is 10.3 Å². The number of aryl methyl sites for hydroxylation is 1. The zero-order valence-electron chi connectivity index (χ0n) is 14.8. The minimum Gasteiger partial charge on any atom is -0.324 e. The highest BCUT2D eigenvalue weighted by Gasteiger charge is 2.44. The summed E-state index contributed by atoms with van der Waals surface area (Å²) >= 11 is 6.21. The van der Waals surface area contributed by atoms with Crippen molar-refractivity contribution >= 4 is 34.2 Å². The lowest BCUT2D eigenvalue weighted by Crippen LogP contribution is -2.37. The van der Waals surface area contributed by atoms with Gasteiger partial charge in [0.2, 0.25) is 5.91 Å². The number of nitrogens with zero attached hydrogens (tertiary/aromatic N) is 3. The van der Waals surface area contributed by atoms with Crippen LogP contribution in [0.3, 0.4) is 0 Å². The number of amides is 1. The normalized spacial score (nSPS) is 18.5. The summed E-state index contributed by atoms with van der Waals surface area (Å²) in [6.45, 7) is 0. The fraction of sp³-hybridized carbons (Fsp3) is 0.263. The molecule has 1 aliphatic rings. The Morgan fingerprint density at radius 1 is 1.22 bits per heavy atom. The van der Waals surface area contributed by atoms with E-state index in [-0.39, 0.29) is 28.8 Å². The minimum absolute atomic E-state index is 0.0980. The molecule has 0 bridgehead atoms. The van der Waals surface area contributed by atoms with Crippen molar-refractivity contribution in [1.82, 2.24) is 14.1 Å². The Labute approximate surface area is 159 Å². The third-order valence-corrected chi connectivity index (χ3v) is 5.34. The summed E-state index contributed by atoms with van der Waals surface area (Å²) in [6.07, 6.45) is 2.18. The van der Waals surface area contributed by atoms with Crippen molar-refractivity contribution in [3.63, 3.8) is 0 Å². The van der Waals surface area contributed by atoms with E-state index < -0.39 is 11.2 Å². The maximum atomic E-state index is 12.6. The molecule has 2 atom stereocenters. The van der Waals surface area contributed by atoms with Gasteiger partial charge in [0.1, 0.15) is 5.65 Å². The maximum Gasteiger partial charge on any atom is 0.332 e. The molecule has 1 fully saturated rings. The van der Waals surface area contributed by atoms with Gasteiger partial charge >= 0.3 is 5.69 Å². The second-order valence-corrected chi connectivity index (χ2v) is 7.17. The van der Waals surface area contributed by atoms with Crippen molar-refractivity contribution in [2.75, 3.05) is 5.32 Å². The number of fused-ring (bicyclic) bond motifs is 1. The van der Waals surface area contributed by atoms with Gasteiger partial charge in [0, 0.05) is 25.0 Å². The zero-order valence-corrected chi connectivity index (χ0v) is 15.5. The Bertz CT molecular complexity index is 1200. The summed E-state index contributed by atoms with van der Waals surface area (Å²) in [5.41, 5.74) is 0.781. The molecule has 0 spiro atoms. The predicted molar refractivity (Wildman–Crippen MR) is 103 cm³/mol. The van der Waals surface area contributed by atoms with Crippen molar-refractivity contribution in [3.05, 3.63) is 68.0 Å². The van der Waals surface area contributed by atoms with Crippen LogP contribution in [0.4, 0.5) is 5.69 Å². The number of benzene rings is 1. The maximum absolute atomic E-state index is 12.6. The Kier molecular flexibility index (Phi) is 4.11. The highest BCUT2D eigenvalue weighted by molar-refractivity contribution is 6.31. The third-order valence-electron chi connectivity index (χ3n) is 4.99. The van der Waals surface area contributed by atoms with E-state index in [9.17, 15) is 14.4 Å². The number of anilines is 1. The van der Waals surface area contributed by atoms with Gasteiger partial charge in [-0.25, -0.2) is 9.78 Å². The molecule has 2 heterocycles. The van der Waals surface area contributed by atoms with E-state index in [4.69, 9.17) is 11.6 Å². The first kappa shape index (κ1) is 17.5. The van der Waals surface area contributed by atoms with Crippen LogP contribution in [0.25, 0.3) is 11.0 Å². The zero-order chi connectivity index (χ0) is 19.3. The number of aromatic nitrogens is 3. The number of carbonyl (C=O) groups excluding carboxylic acids is 1. The molecule has 138 valence electrons. The van der Waals surface area contributed by atoms with Crippen LogP contribution < -0.4 is 16.6 Å². The quantitative estimate of drug-likeness (QED) is 0.748. The van der Waals surface area contributed by atoms with Crippen LogP contribution in [-0.4, -0.2) is 20.0 Å². The van der Waals surface area contributed by atoms with Gasteiger partial charge in [-0.05, 0) is 30.0 Å². The molecule has 4 rings (SSSR count). The number of hydrogen-bond donors (Lipinski definition) is 1. The summed E-state index contributed by atoms with van der Waals surface area (Å²) in [4.78, 5) is 41.0. The molecular weight excluding hydrogens is 368 g/mol. The van der Waals surface area contributed by atoms with Crippen LogP contribution >= 0.6 is 11.6 Å². The lowest BCUT2D eigenvalue weighted by atomic mass is 10.1. The molecule has 0 aliphatic heterocycles. The molecule has 1 aromatic carbocycles. The van der Waals surface area contributed by atoms with Gasteiger partial charge in [-0.3, -0.25) is 18.7 Å². The predicted octanol–water partition coefficient (Wildman–Crippen LogP) is 2.03. The minimum atomic E-state index is -0.447. The van der Waals surface area contributed by atoms with Gasteiger partial charge in [0.05, 0.1) is 17.3 Å². The molecule has 27 heavy (non-hydrogen) atoms. The molecule has 1 saturated carbocycles. The number of hydrogen-bond acceptors (Lipinski definition) is 4. The fourth-order valence-electron chi connectivity index (χ4n) is 3.37. The van der Waals surface area contributed by atoms with Crippen LogP contribution in [-0.2, 0) is 18.9 Å². The van der Waals surface area contributed by atoms with E-state index in [1.807, 2.05) is 24.3 Å². The smallest absolute Gasteiger partial charge is 0.324 e. The molecule has 2 unspecified atom stereocenters. The summed E-state index contributed by atoms with van der Waals surface area (Å²) < 4.78 is 2.32. The first-order valence-corrected chi connectivity index (χ1v) is 8.87. The molecule has 2 aromatic heterocycles. The van der Waals surface area contributed by atoms with Gasteiger partial charge in [0.25, 0.3) is 5.56 Å². The van der Waals surface area contributed by atoms with E-state index in [0.29, 0.717) is 10.7 Å². The second-order valence-electron chi connectivity index (χ2n) is 6.76. The molecule has 0 saturated heterocycles. The Hall–Kier alpha value is -2.93. The summed E-state index contributed by atoms with van der Waals surface area (Å²) in [7, 11) is 2.96. The number of halogens is 1. The van der Waals surface area contributed by atoms with Crippen molar-refractivity contribution in [1.29, 1.82) is 0 Å². The molecule has 0 radical (unpaired) electrons. The number of nitrogens with one attached hydrogen (secondary N) is 1. The average molecular weight is 385 g/mol. The van der Waals surface area contributed by atoms with E-state index >= 15 is 0 Å². The van der Waals surface area contributed by atoms with Gasteiger partial charge in [-0.2, -0.15) is 0 Å². The van der Waals surface area contributed by atoms with Crippen LogP contribution in [0, 0.1) is 5.92 Å². The second kappa shape index (κ2) is 6.35. The van der Waals surface area contributed by atoms with Crippen molar-refractivity contribution in [3.8, 4) is 0 Å². The molecule has 3 aromatic rings. The molecule has 7 nitrogen and oxygen atoms in total. The topological polar surface area (TPSA) is 86.0 Å². The average Bonchev–Trinajstić information content (AvgIpc) is 3.45. The first-order valence-electron chi connectivity index (χ1n) is 8.49.